The molecule has 3 heterocycles. The summed E-state index contributed by atoms with van der Waals surface area (Å²) in [4.78, 5) is 26.5. The van der Waals surface area contributed by atoms with E-state index >= 15 is 0 Å². The first-order valence-corrected chi connectivity index (χ1v) is 10.0. The van der Waals surface area contributed by atoms with Gasteiger partial charge in [-0.2, -0.15) is 4.98 Å². The maximum atomic E-state index is 12.6. The smallest absolute Gasteiger partial charge is 0.252 e. The fraction of sp³-hybridized carbons (Fsp3) is 0.211. The Balaban J connectivity index is 1.54. The number of hydrogen-bond acceptors (Lipinski definition) is 6. The largest absolute Gasteiger partial charge is 0.329 e. The molecule has 0 saturated carbocycles. The molecule has 10 heteroatoms. The van der Waals surface area contributed by atoms with Gasteiger partial charge in [-0.25, -0.2) is 14.5 Å². The van der Waals surface area contributed by atoms with E-state index in [4.69, 9.17) is 11.6 Å². The standard InChI is InChI=1S/C19H18ClN7OS/c1-11-8-12(2)27-18(22-11)24-16(25-27)10-17(28)23-14-9-13(20)4-5-15(14)29-19-21-6-7-26(19)3/h4-9H,10H2,1-3H3,(H,23,28). The predicted molar refractivity (Wildman–Crippen MR) is 111 cm³/mol. The van der Waals surface area contributed by atoms with Crippen LogP contribution in [0.5, 0.6) is 0 Å². The van der Waals surface area contributed by atoms with Gasteiger partial charge in [-0.05, 0) is 49.9 Å². The summed E-state index contributed by atoms with van der Waals surface area (Å²) in [6.45, 7) is 3.82. The van der Waals surface area contributed by atoms with Gasteiger partial charge in [0.1, 0.15) is 0 Å². The molecule has 0 saturated heterocycles. The van der Waals surface area contributed by atoms with Gasteiger partial charge in [0.2, 0.25) is 5.91 Å². The molecule has 148 valence electrons. The minimum absolute atomic E-state index is 0.0286. The van der Waals surface area contributed by atoms with Gasteiger partial charge in [-0.1, -0.05) is 11.6 Å². The molecule has 4 aromatic rings. The number of nitrogens with one attached hydrogen (secondary N) is 1. The lowest BCUT2D eigenvalue weighted by Crippen LogP contribution is -2.16. The number of carbonyl (C=O) groups is 1. The van der Waals surface area contributed by atoms with Crippen LogP contribution in [-0.4, -0.2) is 35.0 Å². The minimum Gasteiger partial charge on any atom is -0.329 e. The summed E-state index contributed by atoms with van der Waals surface area (Å²) in [5.74, 6) is 0.655. The normalized spacial score (nSPS) is 11.2. The van der Waals surface area contributed by atoms with Crippen LogP contribution in [-0.2, 0) is 18.3 Å². The second kappa shape index (κ2) is 7.84. The van der Waals surface area contributed by atoms with Crippen molar-refractivity contribution < 1.29 is 4.79 Å². The van der Waals surface area contributed by atoms with Gasteiger partial charge in [0.15, 0.2) is 11.0 Å². The van der Waals surface area contributed by atoms with E-state index in [2.05, 4.69) is 25.4 Å². The third-order valence-corrected chi connectivity index (χ3v) is 5.56. The molecule has 0 bridgehead atoms. The zero-order valence-corrected chi connectivity index (χ0v) is 17.6. The van der Waals surface area contributed by atoms with E-state index < -0.39 is 0 Å². The quantitative estimate of drug-likeness (QED) is 0.524. The summed E-state index contributed by atoms with van der Waals surface area (Å²) in [7, 11) is 1.91. The summed E-state index contributed by atoms with van der Waals surface area (Å²) >= 11 is 7.59. The first-order valence-electron chi connectivity index (χ1n) is 8.83. The Morgan fingerprint density at radius 1 is 1.24 bits per heavy atom. The van der Waals surface area contributed by atoms with Crippen molar-refractivity contribution >= 4 is 40.7 Å². The first-order chi connectivity index (χ1) is 13.9. The lowest BCUT2D eigenvalue weighted by atomic mass is 10.3. The number of aryl methyl sites for hydroxylation is 3. The predicted octanol–water partition coefficient (Wildman–Crippen LogP) is 3.46. The topological polar surface area (TPSA) is 90.0 Å². The Hall–Kier alpha value is -2.91. The fourth-order valence-electron chi connectivity index (χ4n) is 2.86. The van der Waals surface area contributed by atoms with Crippen LogP contribution >= 0.6 is 23.4 Å². The molecule has 1 N–H and O–H groups in total. The number of carbonyl (C=O) groups excluding carboxylic acids is 1. The number of nitrogens with zero attached hydrogens (tertiary/aromatic N) is 6. The van der Waals surface area contributed by atoms with E-state index in [1.165, 1.54) is 11.8 Å². The third-order valence-electron chi connectivity index (χ3n) is 4.17. The van der Waals surface area contributed by atoms with Crippen LogP contribution in [0.15, 0.2) is 46.7 Å². The first kappa shape index (κ1) is 19.4. The zero-order valence-electron chi connectivity index (χ0n) is 16.0. The highest BCUT2D eigenvalue weighted by Crippen LogP contribution is 2.34. The molecule has 0 radical (unpaired) electrons. The van der Waals surface area contributed by atoms with Crippen molar-refractivity contribution in [2.24, 2.45) is 7.05 Å². The van der Waals surface area contributed by atoms with Gasteiger partial charge in [0.25, 0.3) is 5.78 Å². The maximum absolute atomic E-state index is 12.6. The average molecular weight is 428 g/mol. The summed E-state index contributed by atoms with van der Waals surface area (Å²) in [5.41, 5.74) is 2.38. The summed E-state index contributed by atoms with van der Waals surface area (Å²) in [6, 6.07) is 7.27. The van der Waals surface area contributed by atoms with Crippen molar-refractivity contribution in [1.82, 2.24) is 29.1 Å². The minimum atomic E-state index is -0.237. The fourth-order valence-corrected chi connectivity index (χ4v) is 3.90. The van der Waals surface area contributed by atoms with Crippen molar-refractivity contribution in [1.29, 1.82) is 0 Å². The van der Waals surface area contributed by atoms with Crippen LogP contribution in [0.2, 0.25) is 5.02 Å². The molecule has 29 heavy (non-hydrogen) atoms. The van der Waals surface area contributed by atoms with Crippen LogP contribution in [0.25, 0.3) is 5.78 Å². The SMILES string of the molecule is Cc1cc(C)n2nc(CC(=O)Nc3cc(Cl)ccc3Sc3nccn3C)nc2n1. The molecule has 0 aliphatic heterocycles. The second-order valence-electron chi connectivity index (χ2n) is 6.57. The maximum Gasteiger partial charge on any atom is 0.252 e. The van der Waals surface area contributed by atoms with Crippen LogP contribution in [0.1, 0.15) is 17.2 Å². The molecule has 0 aliphatic rings. The van der Waals surface area contributed by atoms with E-state index in [0.29, 0.717) is 22.3 Å². The number of fused-ring (bicyclic) bond motifs is 1. The van der Waals surface area contributed by atoms with E-state index in [1.54, 1.807) is 22.8 Å². The molecule has 3 aromatic heterocycles. The Kier molecular flexibility index (Phi) is 5.25. The molecular formula is C19H18ClN7OS. The van der Waals surface area contributed by atoms with Crippen molar-refractivity contribution in [3.63, 3.8) is 0 Å². The molecule has 8 nitrogen and oxygen atoms in total. The summed E-state index contributed by atoms with van der Waals surface area (Å²) < 4.78 is 3.54. The third kappa shape index (κ3) is 4.25. The Bertz CT molecular complexity index is 1220. The molecule has 0 fully saturated rings. The number of aromatic nitrogens is 6. The van der Waals surface area contributed by atoms with Gasteiger partial charge in [0, 0.05) is 40.7 Å². The molecule has 0 atom stereocenters. The van der Waals surface area contributed by atoms with E-state index in [9.17, 15) is 4.79 Å². The van der Waals surface area contributed by atoms with E-state index in [1.807, 2.05) is 43.8 Å². The Morgan fingerprint density at radius 2 is 2.07 bits per heavy atom. The highest BCUT2D eigenvalue weighted by Gasteiger charge is 2.15. The summed E-state index contributed by atoms with van der Waals surface area (Å²) in [5, 5.41) is 8.64. The Labute approximate surface area is 176 Å². The van der Waals surface area contributed by atoms with Crippen molar-refractivity contribution in [2.45, 2.75) is 30.3 Å². The summed E-state index contributed by atoms with van der Waals surface area (Å²) in [6.07, 6.45) is 3.62. The Morgan fingerprint density at radius 3 is 2.83 bits per heavy atom. The number of amides is 1. The second-order valence-corrected chi connectivity index (χ2v) is 8.01. The molecule has 0 spiro atoms. The molecule has 0 aliphatic carbocycles. The van der Waals surface area contributed by atoms with Gasteiger partial charge in [0.05, 0.1) is 12.1 Å². The lowest BCUT2D eigenvalue weighted by Gasteiger charge is -2.10. The van der Waals surface area contributed by atoms with Gasteiger partial charge in [-0.15, -0.1) is 5.10 Å². The average Bonchev–Trinajstić information content (AvgIpc) is 3.23. The van der Waals surface area contributed by atoms with Gasteiger partial charge >= 0.3 is 0 Å². The van der Waals surface area contributed by atoms with E-state index in [-0.39, 0.29) is 12.3 Å². The number of halogens is 1. The van der Waals surface area contributed by atoms with Crippen LogP contribution in [0, 0.1) is 13.8 Å². The van der Waals surface area contributed by atoms with Crippen molar-refractivity contribution in [3.8, 4) is 0 Å². The lowest BCUT2D eigenvalue weighted by molar-refractivity contribution is -0.115. The highest BCUT2D eigenvalue weighted by atomic mass is 35.5. The number of rotatable bonds is 5. The van der Waals surface area contributed by atoms with Gasteiger partial charge in [-0.3, -0.25) is 4.79 Å². The number of anilines is 1. The number of hydrogen-bond donors (Lipinski definition) is 1. The van der Waals surface area contributed by atoms with Crippen LogP contribution < -0.4 is 5.32 Å². The number of imidazole rings is 1. The number of benzene rings is 1. The van der Waals surface area contributed by atoms with Crippen LogP contribution in [0.3, 0.4) is 0 Å². The van der Waals surface area contributed by atoms with Crippen LogP contribution in [0.4, 0.5) is 5.69 Å². The van der Waals surface area contributed by atoms with E-state index in [0.717, 1.165) is 21.4 Å². The zero-order chi connectivity index (χ0) is 20.5. The molecule has 1 aromatic carbocycles. The highest BCUT2D eigenvalue weighted by molar-refractivity contribution is 7.99. The molecule has 4 rings (SSSR count). The van der Waals surface area contributed by atoms with Crippen molar-refractivity contribution in [3.05, 3.63) is 58.9 Å². The molecule has 0 unspecified atom stereocenters. The van der Waals surface area contributed by atoms with Crippen molar-refractivity contribution in [2.75, 3.05) is 5.32 Å². The monoisotopic (exact) mass is 427 g/mol. The molecule has 1 amide bonds. The van der Waals surface area contributed by atoms with Gasteiger partial charge < -0.3 is 9.88 Å². The molecular weight excluding hydrogens is 410 g/mol.